The quantitative estimate of drug-likeness (QED) is 0.843. The van der Waals surface area contributed by atoms with Gasteiger partial charge in [0.1, 0.15) is 0 Å². The number of rotatable bonds is 5. The van der Waals surface area contributed by atoms with Crippen LogP contribution in [0.2, 0.25) is 0 Å². The van der Waals surface area contributed by atoms with Gasteiger partial charge in [0.2, 0.25) is 0 Å². The molecule has 6 nitrogen and oxygen atoms in total. The van der Waals surface area contributed by atoms with Gasteiger partial charge in [-0.1, -0.05) is 0 Å². The number of carboxylic acids is 1. The first-order valence-electron chi connectivity index (χ1n) is 5.19. The van der Waals surface area contributed by atoms with Crippen molar-refractivity contribution in [2.75, 3.05) is 11.9 Å². The second kappa shape index (κ2) is 6.19. The zero-order chi connectivity index (χ0) is 12.8. The molecule has 0 aliphatic rings. The minimum absolute atomic E-state index is 0.0608. The van der Waals surface area contributed by atoms with Crippen molar-refractivity contribution in [1.82, 2.24) is 9.88 Å². The first-order valence-corrected chi connectivity index (χ1v) is 6.07. The summed E-state index contributed by atoms with van der Waals surface area (Å²) in [7, 11) is 0. The number of hydrogen-bond acceptors (Lipinski definition) is 4. The molecule has 1 heterocycles. The molecule has 2 amide bonds. The van der Waals surface area contributed by atoms with Gasteiger partial charge in [0.15, 0.2) is 5.13 Å². The van der Waals surface area contributed by atoms with E-state index in [0.717, 1.165) is 0 Å². The third kappa shape index (κ3) is 4.39. The van der Waals surface area contributed by atoms with E-state index in [1.54, 1.807) is 11.6 Å². The number of anilines is 1. The van der Waals surface area contributed by atoms with Gasteiger partial charge in [-0.2, -0.15) is 0 Å². The van der Waals surface area contributed by atoms with Crippen molar-refractivity contribution in [3.05, 3.63) is 11.6 Å². The summed E-state index contributed by atoms with van der Waals surface area (Å²) in [4.78, 5) is 27.8. The Morgan fingerprint density at radius 1 is 1.59 bits per heavy atom. The van der Waals surface area contributed by atoms with Gasteiger partial charge in [0, 0.05) is 24.2 Å². The standard InChI is InChI=1S/C10H15N3O3S/c1-7(2)13(5-3-8(14)15)10(16)12-9-11-4-6-17-9/h4,6-7H,3,5H2,1-2H3,(H,14,15)(H,11,12,16). The Bertz CT molecular complexity index is 378. The smallest absolute Gasteiger partial charge is 0.323 e. The highest BCUT2D eigenvalue weighted by atomic mass is 32.1. The SMILES string of the molecule is CC(C)N(CCC(=O)O)C(=O)Nc1nccs1. The molecular formula is C10H15N3O3S. The molecule has 0 saturated carbocycles. The number of nitrogens with one attached hydrogen (secondary N) is 1. The number of carbonyl (C=O) groups is 2. The van der Waals surface area contributed by atoms with Crippen LogP contribution < -0.4 is 5.32 Å². The van der Waals surface area contributed by atoms with Gasteiger partial charge in [-0.15, -0.1) is 11.3 Å². The van der Waals surface area contributed by atoms with Crippen LogP contribution in [0.25, 0.3) is 0 Å². The highest BCUT2D eigenvalue weighted by molar-refractivity contribution is 7.13. The molecule has 2 N–H and O–H groups in total. The van der Waals surface area contributed by atoms with Crippen LogP contribution >= 0.6 is 11.3 Å². The number of nitrogens with zero attached hydrogens (tertiary/aromatic N) is 2. The first-order chi connectivity index (χ1) is 8.00. The van der Waals surface area contributed by atoms with E-state index >= 15 is 0 Å². The summed E-state index contributed by atoms with van der Waals surface area (Å²) >= 11 is 1.32. The van der Waals surface area contributed by atoms with Crippen LogP contribution in [0.4, 0.5) is 9.93 Å². The summed E-state index contributed by atoms with van der Waals surface area (Å²) in [5.41, 5.74) is 0. The van der Waals surface area contributed by atoms with Gasteiger partial charge in [-0.05, 0) is 13.8 Å². The zero-order valence-electron chi connectivity index (χ0n) is 9.71. The molecule has 94 valence electrons. The predicted octanol–water partition coefficient (Wildman–Crippen LogP) is 1.86. The molecule has 7 heteroatoms. The number of thiazole rings is 1. The Morgan fingerprint density at radius 2 is 2.29 bits per heavy atom. The van der Waals surface area contributed by atoms with E-state index < -0.39 is 5.97 Å². The lowest BCUT2D eigenvalue weighted by atomic mass is 10.3. The maximum Gasteiger partial charge on any atom is 0.323 e. The molecule has 0 spiro atoms. The van der Waals surface area contributed by atoms with Crippen LogP contribution in [0, 0.1) is 0 Å². The Hall–Kier alpha value is -1.63. The molecule has 1 aromatic heterocycles. The second-order valence-corrected chi connectivity index (χ2v) is 4.59. The average molecular weight is 257 g/mol. The van der Waals surface area contributed by atoms with Crippen LogP contribution in [0.15, 0.2) is 11.6 Å². The molecule has 0 saturated heterocycles. The van der Waals surface area contributed by atoms with E-state index in [1.165, 1.54) is 16.2 Å². The lowest BCUT2D eigenvalue weighted by Crippen LogP contribution is -2.41. The van der Waals surface area contributed by atoms with Crippen LogP contribution in [-0.4, -0.2) is 39.6 Å². The molecule has 17 heavy (non-hydrogen) atoms. The predicted molar refractivity (Wildman–Crippen MR) is 65.2 cm³/mol. The van der Waals surface area contributed by atoms with E-state index in [-0.39, 0.29) is 25.0 Å². The monoisotopic (exact) mass is 257 g/mol. The molecule has 0 aromatic carbocycles. The number of amides is 2. The first kappa shape index (κ1) is 13.4. The molecule has 0 aliphatic heterocycles. The number of aromatic nitrogens is 1. The summed E-state index contributed by atoms with van der Waals surface area (Å²) in [5.74, 6) is -0.919. The maximum atomic E-state index is 11.9. The topological polar surface area (TPSA) is 82.5 Å². The summed E-state index contributed by atoms with van der Waals surface area (Å²) < 4.78 is 0. The lowest BCUT2D eigenvalue weighted by molar-refractivity contribution is -0.137. The average Bonchev–Trinajstić information content (AvgIpc) is 2.69. The molecule has 1 aromatic rings. The van der Waals surface area contributed by atoms with Crippen LogP contribution in [-0.2, 0) is 4.79 Å². The van der Waals surface area contributed by atoms with E-state index in [1.807, 2.05) is 13.8 Å². The van der Waals surface area contributed by atoms with Crippen molar-refractivity contribution in [3.8, 4) is 0 Å². The second-order valence-electron chi connectivity index (χ2n) is 3.70. The number of hydrogen-bond donors (Lipinski definition) is 2. The highest BCUT2D eigenvalue weighted by Gasteiger charge is 2.18. The minimum Gasteiger partial charge on any atom is -0.481 e. The largest absolute Gasteiger partial charge is 0.481 e. The Balaban J connectivity index is 2.57. The van der Waals surface area contributed by atoms with Gasteiger partial charge in [0.05, 0.1) is 6.42 Å². The van der Waals surface area contributed by atoms with Gasteiger partial charge in [0.25, 0.3) is 0 Å². The van der Waals surface area contributed by atoms with Crippen LogP contribution in [0.3, 0.4) is 0 Å². The molecule has 0 unspecified atom stereocenters. The molecule has 1 rings (SSSR count). The van der Waals surface area contributed by atoms with E-state index in [2.05, 4.69) is 10.3 Å². The minimum atomic E-state index is -0.919. The molecule has 0 atom stereocenters. The zero-order valence-corrected chi connectivity index (χ0v) is 10.5. The van der Waals surface area contributed by atoms with Gasteiger partial charge in [-0.3, -0.25) is 10.1 Å². The summed E-state index contributed by atoms with van der Waals surface area (Å²) in [6.07, 6.45) is 1.53. The summed E-state index contributed by atoms with van der Waals surface area (Å²) in [6, 6.07) is -0.384. The van der Waals surface area contributed by atoms with Crippen LogP contribution in [0.5, 0.6) is 0 Å². The fourth-order valence-corrected chi connectivity index (χ4v) is 1.78. The number of carboxylic acid groups (broad SMARTS) is 1. The maximum absolute atomic E-state index is 11.9. The molecule has 0 bridgehead atoms. The Labute approximate surface area is 103 Å². The third-order valence-electron chi connectivity index (χ3n) is 2.10. The van der Waals surface area contributed by atoms with E-state index in [9.17, 15) is 9.59 Å². The highest BCUT2D eigenvalue weighted by Crippen LogP contribution is 2.12. The van der Waals surface area contributed by atoms with Crippen molar-refractivity contribution in [1.29, 1.82) is 0 Å². The molecule has 0 aliphatic carbocycles. The fraction of sp³-hybridized carbons (Fsp3) is 0.500. The molecular weight excluding hydrogens is 242 g/mol. The van der Waals surface area contributed by atoms with Gasteiger partial charge < -0.3 is 10.0 Å². The lowest BCUT2D eigenvalue weighted by Gasteiger charge is -2.25. The third-order valence-corrected chi connectivity index (χ3v) is 2.79. The molecule has 0 fully saturated rings. The number of carbonyl (C=O) groups excluding carboxylic acids is 1. The Morgan fingerprint density at radius 3 is 2.76 bits per heavy atom. The van der Waals surface area contributed by atoms with Gasteiger partial charge in [-0.25, -0.2) is 9.78 Å². The summed E-state index contributed by atoms with van der Waals surface area (Å²) in [5, 5.41) is 13.5. The van der Waals surface area contributed by atoms with Crippen molar-refractivity contribution in [2.45, 2.75) is 26.3 Å². The van der Waals surface area contributed by atoms with Crippen molar-refractivity contribution < 1.29 is 14.7 Å². The molecule has 0 radical (unpaired) electrons. The number of urea groups is 1. The van der Waals surface area contributed by atoms with E-state index in [0.29, 0.717) is 5.13 Å². The fourth-order valence-electron chi connectivity index (χ4n) is 1.26. The van der Waals surface area contributed by atoms with E-state index in [4.69, 9.17) is 5.11 Å². The summed E-state index contributed by atoms with van der Waals surface area (Å²) in [6.45, 7) is 3.86. The van der Waals surface area contributed by atoms with Gasteiger partial charge >= 0.3 is 12.0 Å². The van der Waals surface area contributed by atoms with Crippen LogP contribution in [0.1, 0.15) is 20.3 Å². The number of aliphatic carboxylic acids is 1. The van der Waals surface area contributed by atoms with Crippen molar-refractivity contribution in [3.63, 3.8) is 0 Å². The van der Waals surface area contributed by atoms with Crippen molar-refractivity contribution >= 4 is 28.5 Å². The normalized spacial score (nSPS) is 10.3. The van der Waals surface area contributed by atoms with Crippen molar-refractivity contribution in [2.24, 2.45) is 0 Å². The Kier molecular flexibility index (Phi) is 4.89.